The lowest BCUT2D eigenvalue weighted by Crippen LogP contribution is -2.31. The number of benzene rings is 4. The first-order valence-electron chi connectivity index (χ1n) is 14.5. The van der Waals surface area contributed by atoms with Gasteiger partial charge in [0.1, 0.15) is 5.82 Å². The van der Waals surface area contributed by atoms with Gasteiger partial charge in [0.15, 0.2) is 0 Å². The van der Waals surface area contributed by atoms with E-state index in [2.05, 4.69) is 9.82 Å². The van der Waals surface area contributed by atoms with Gasteiger partial charge >= 0.3 is 15.5 Å². The maximum Gasteiger partial charge on any atom is 0.516 e. The molecule has 0 atom stereocenters. The Balaban J connectivity index is 1.68. The molecule has 2 N–H and O–H groups in total. The maximum absolute atomic E-state index is 13.8. The number of sulfonamides is 2. The molecular formula is C33H28ClF3N4O5S2. The summed E-state index contributed by atoms with van der Waals surface area (Å²) in [5.74, 6) is -1.37. The van der Waals surface area contributed by atoms with Gasteiger partial charge in [-0.25, -0.2) is 17.8 Å². The standard InChI is InChI=1S/C33H28ClF3N4O5S2/c1-2-11-28-26(31(39-48(45,46)33(35,36)37)41(38-28)29-17-10-9-16-27(29)34)20-22-18-19-25(23-12-5-3-6-13-23)30(21-22)47(43,44)40-32(42)24-14-7-4-8-15-24/h3-10,12-19,21,39H,2,11,20H2,1H3,(H,40,42). The number of anilines is 1. The minimum Gasteiger partial charge on any atom is -0.268 e. The van der Waals surface area contributed by atoms with Crippen LogP contribution in [0.3, 0.4) is 0 Å². The first kappa shape index (κ1) is 34.7. The molecule has 0 saturated heterocycles. The van der Waals surface area contributed by atoms with Crippen LogP contribution in [0.1, 0.15) is 40.5 Å². The molecule has 1 amide bonds. The fraction of sp³-hybridized carbons (Fsp3) is 0.152. The van der Waals surface area contributed by atoms with Crippen molar-refractivity contribution >= 4 is 43.4 Å². The van der Waals surface area contributed by atoms with Crippen molar-refractivity contribution in [3.05, 3.63) is 131 Å². The first-order valence-corrected chi connectivity index (χ1v) is 17.8. The molecule has 0 saturated carbocycles. The van der Waals surface area contributed by atoms with Crippen molar-refractivity contribution in [2.75, 3.05) is 4.72 Å². The van der Waals surface area contributed by atoms with Crippen LogP contribution in [0.5, 0.6) is 0 Å². The minimum atomic E-state index is -5.92. The van der Waals surface area contributed by atoms with E-state index in [9.17, 15) is 34.8 Å². The number of carbonyl (C=O) groups excluding carboxylic acids is 1. The Kier molecular flexibility index (Phi) is 9.99. The van der Waals surface area contributed by atoms with Crippen LogP contribution in [-0.4, -0.2) is 38.0 Å². The zero-order valence-corrected chi connectivity index (χ0v) is 27.6. The fourth-order valence-electron chi connectivity index (χ4n) is 4.99. The van der Waals surface area contributed by atoms with E-state index in [-0.39, 0.29) is 56.4 Å². The lowest BCUT2D eigenvalue weighted by Gasteiger charge is -2.16. The molecule has 1 aromatic heterocycles. The van der Waals surface area contributed by atoms with Gasteiger partial charge in [0, 0.05) is 23.1 Å². The molecule has 0 aliphatic carbocycles. The summed E-state index contributed by atoms with van der Waals surface area (Å²) in [7, 11) is -10.4. The van der Waals surface area contributed by atoms with Crippen LogP contribution in [-0.2, 0) is 32.9 Å². The number of rotatable bonds is 11. The number of hydrogen-bond acceptors (Lipinski definition) is 6. The van der Waals surface area contributed by atoms with Gasteiger partial charge in [0.25, 0.3) is 15.9 Å². The molecule has 5 rings (SSSR count). The Morgan fingerprint density at radius 3 is 2.12 bits per heavy atom. The lowest BCUT2D eigenvalue weighted by molar-refractivity contribution is -0.0429. The Morgan fingerprint density at radius 2 is 1.50 bits per heavy atom. The Hall–Kier alpha value is -4.66. The highest BCUT2D eigenvalue weighted by molar-refractivity contribution is 7.93. The first-order chi connectivity index (χ1) is 22.7. The van der Waals surface area contributed by atoms with Crippen LogP contribution < -0.4 is 9.44 Å². The predicted octanol–water partition coefficient (Wildman–Crippen LogP) is 7.12. The van der Waals surface area contributed by atoms with Gasteiger partial charge in [-0.05, 0) is 47.9 Å². The highest BCUT2D eigenvalue weighted by Crippen LogP contribution is 2.35. The average Bonchev–Trinajstić information content (AvgIpc) is 3.36. The zero-order valence-electron chi connectivity index (χ0n) is 25.2. The Labute approximate surface area is 280 Å². The van der Waals surface area contributed by atoms with Crippen LogP contribution in [0.4, 0.5) is 19.0 Å². The summed E-state index contributed by atoms with van der Waals surface area (Å²) >= 11 is 6.36. The SMILES string of the molecule is CCCc1nn(-c2ccccc2Cl)c(NS(=O)(=O)C(F)(F)F)c1Cc1ccc(-c2ccccc2)c(S(=O)(=O)NC(=O)c2ccccc2)c1. The van der Waals surface area contributed by atoms with Gasteiger partial charge < -0.3 is 0 Å². The van der Waals surface area contributed by atoms with Crippen molar-refractivity contribution in [1.29, 1.82) is 0 Å². The highest BCUT2D eigenvalue weighted by atomic mass is 35.5. The molecule has 1 heterocycles. The second kappa shape index (κ2) is 13.8. The number of aromatic nitrogens is 2. The molecule has 0 bridgehead atoms. The van der Waals surface area contributed by atoms with Gasteiger partial charge in [0.05, 0.1) is 21.3 Å². The number of halogens is 4. The molecule has 0 aliphatic heterocycles. The third-order valence-electron chi connectivity index (χ3n) is 7.23. The number of nitrogens with one attached hydrogen (secondary N) is 2. The number of nitrogens with zero attached hydrogens (tertiary/aromatic N) is 2. The van der Waals surface area contributed by atoms with E-state index in [4.69, 9.17) is 11.6 Å². The monoisotopic (exact) mass is 716 g/mol. The zero-order chi connectivity index (χ0) is 34.7. The quantitative estimate of drug-likeness (QED) is 0.150. The maximum atomic E-state index is 13.8. The molecule has 0 unspecified atom stereocenters. The van der Waals surface area contributed by atoms with Crippen LogP contribution in [0.15, 0.2) is 108 Å². The van der Waals surface area contributed by atoms with Crippen molar-refractivity contribution in [1.82, 2.24) is 14.5 Å². The van der Waals surface area contributed by atoms with Crippen LogP contribution in [0, 0.1) is 0 Å². The second-order valence-corrected chi connectivity index (χ2v) is 14.3. The largest absolute Gasteiger partial charge is 0.516 e. The smallest absolute Gasteiger partial charge is 0.268 e. The molecule has 0 spiro atoms. The number of carbonyl (C=O) groups is 1. The van der Waals surface area contributed by atoms with Crippen LogP contribution in [0.25, 0.3) is 16.8 Å². The molecule has 15 heteroatoms. The van der Waals surface area contributed by atoms with Crippen LogP contribution in [0.2, 0.25) is 5.02 Å². The normalized spacial score (nSPS) is 12.1. The van der Waals surface area contributed by atoms with Crippen molar-refractivity contribution < 1.29 is 34.8 Å². The molecule has 48 heavy (non-hydrogen) atoms. The van der Waals surface area contributed by atoms with Gasteiger partial charge in [0.2, 0.25) is 0 Å². The molecule has 250 valence electrons. The van der Waals surface area contributed by atoms with Crippen molar-refractivity contribution in [2.45, 2.75) is 36.6 Å². The average molecular weight is 717 g/mol. The van der Waals surface area contributed by atoms with E-state index in [1.54, 1.807) is 71.5 Å². The number of hydrogen-bond donors (Lipinski definition) is 2. The number of para-hydroxylation sites is 1. The lowest BCUT2D eigenvalue weighted by atomic mass is 9.99. The highest BCUT2D eigenvalue weighted by Gasteiger charge is 2.47. The van der Waals surface area contributed by atoms with Gasteiger partial charge in [-0.3, -0.25) is 9.52 Å². The Morgan fingerprint density at radius 1 is 0.875 bits per heavy atom. The topological polar surface area (TPSA) is 127 Å². The number of alkyl halides is 3. The van der Waals surface area contributed by atoms with E-state index in [0.717, 1.165) is 4.68 Å². The van der Waals surface area contributed by atoms with Crippen molar-refractivity contribution in [3.8, 4) is 16.8 Å². The van der Waals surface area contributed by atoms with Gasteiger partial charge in [-0.1, -0.05) is 97.7 Å². The Bertz CT molecular complexity index is 2180. The van der Waals surface area contributed by atoms with Crippen molar-refractivity contribution in [2.24, 2.45) is 0 Å². The minimum absolute atomic E-state index is 0.0775. The van der Waals surface area contributed by atoms with E-state index >= 15 is 0 Å². The van der Waals surface area contributed by atoms with E-state index in [1.165, 1.54) is 36.4 Å². The second-order valence-electron chi connectivity index (χ2n) is 10.6. The molecule has 0 radical (unpaired) electrons. The summed E-state index contributed by atoms with van der Waals surface area (Å²) in [5.41, 5.74) is -4.02. The molecular weight excluding hydrogens is 689 g/mol. The third kappa shape index (κ3) is 7.40. The number of amides is 1. The van der Waals surface area contributed by atoms with E-state index in [0.29, 0.717) is 12.0 Å². The third-order valence-corrected chi connectivity index (χ3v) is 10.00. The summed E-state index contributed by atoms with van der Waals surface area (Å²) in [6.45, 7) is 1.81. The number of aryl methyl sites for hydroxylation is 1. The van der Waals surface area contributed by atoms with E-state index in [1.807, 2.05) is 6.92 Å². The summed E-state index contributed by atoms with van der Waals surface area (Å²) in [6, 6.07) is 26.8. The molecule has 0 fully saturated rings. The summed E-state index contributed by atoms with van der Waals surface area (Å²) in [6.07, 6.45) is 0.504. The van der Waals surface area contributed by atoms with E-state index < -0.39 is 37.3 Å². The molecule has 4 aromatic carbocycles. The van der Waals surface area contributed by atoms with Gasteiger partial charge in [-0.15, -0.1) is 0 Å². The van der Waals surface area contributed by atoms with Crippen molar-refractivity contribution in [3.63, 3.8) is 0 Å². The van der Waals surface area contributed by atoms with Crippen LogP contribution >= 0.6 is 11.6 Å². The predicted molar refractivity (Wildman–Crippen MR) is 177 cm³/mol. The molecule has 5 aromatic rings. The molecule has 9 nitrogen and oxygen atoms in total. The fourth-order valence-corrected chi connectivity index (χ4v) is 7.04. The summed E-state index contributed by atoms with van der Waals surface area (Å²) in [5, 5.41) is 4.56. The van der Waals surface area contributed by atoms with Gasteiger partial charge in [-0.2, -0.15) is 26.7 Å². The summed E-state index contributed by atoms with van der Waals surface area (Å²) in [4.78, 5) is 12.7. The molecule has 0 aliphatic rings. The summed E-state index contributed by atoms with van der Waals surface area (Å²) < 4.78 is 98.2.